The van der Waals surface area contributed by atoms with Gasteiger partial charge in [-0.1, -0.05) is 29.8 Å². The van der Waals surface area contributed by atoms with Crippen molar-refractivity contribution in [3.8, 4) is 5.75 Å². The van der Waals surface area contributed by atoms with Crippen molar-refractivity contribution in [2.45, 2.75) is 5.92 Å². The van der Waals surface area contributed by atoms with Gasteiger partial charge in [-0.3, -0.25) is 4.79 Å². The summed E-state index contributed by atoms with van der Waals surface area (Å²) in [5.74, 6) is 0.646. The number of rotatable bonds is 2. The molecule has 0 bridgehead atoms. The number of amides is 1. The van der Waals surface area contributed by atoms with Gasteiger partial charge in [0.25, 0.3) is 0 Å². The van der Waals surface area contributed by atoms with Gasteiger partial charge in [0.2, 0.25) is 5.91 Å². The van der Waals surface area contributed by atoms with Crippen LogP contribution in [-0.4, -0.2) is 17.5 Å². The van der Waals surface area contributed by atoms with Crippen LogP contribution in [0.5, 0.6) is 5.75 Å². The Morgan fingerprint density at radius 2 is 2.16 bits per heavy atom. The minimum Gasteiger partial charge on any atom is -0.492 e. The molecule has 19 heavy (non-hydrogen) atoms. The maximum absolute atomic E-state index is 12.2. The second-order valence-corrected chi connectivity index (χ2v) is 4.63. The van der Waals surface area contributed by atoms with Crippen molar-refractivity contribution in [2.75, 3.05) is 11.9 Å². The number of carbonyl (C=O) groups is 1. The third kappa shape index (κ3) is 2.27. The lowest BCUT2D eigenvalue weighted by Gasteiger charge is -2.10. The number of anilines is 1. The molecule has 96 valence electrons. The highest BCUT2D eigenvalue weighted by molar-refractivity contribution is 6.33. The molecule has 0 fully saturated rings. The highest BCUT2D eigenvalue weighted by Gasteiger charge is 2.30. The minimum absolute atomic E-state index is 0.162. The SMILES string of the molecule is O=C(Nc1ncccc1Cl)C1COc2ccccc21. The molecule has 0 radical (unpaired) electrons. The van der Waals surface area contributed by atoms with Crippen LogP contribution in [0.15, 0.2) is 42.6 Å². The van der Waals surface area contributed by atoms with Gasteiger partial charge in [0.1, 0.15) is 18.3 Å². The molecule has 4 nitrogen and oxygen atoms in total. The lowest BCUT2D eigenvalue weighted by atomic mass is 10.0. The molecule has 3 rings (SSSR count). The predicted octanol–water partition coefficient (Wildman–Crippen LogP) is 2.85. The molecule has 0 saturated carbocycles. The average Bonchev–Trinajstić information content (AvgIpc) is 2.85. The Kier molecular flexibility index (Phi) is 3.09. The fourth-order valence-electron chi connectivity index (χ4n) is 2.06. The largest absolute Gasteiger partial charge is 0.492 e. The van der Waals surface area contributed by atoms with E-state index in [9.17, 15) is 4.79 Å². The van der Waals surface area contributed by atoms with Crippen LogP contribution in [-0.2, 0) is 4.79 Å². The van der Waals surface area contributed by atoms with E-state index in [0.717, 1.165) is 11.3 Å². The molecule has 0 spiro atoms. The summed E-state index contributed by atoms with van der Waals surface area (Å²) in [4.78, 5) is 16.3. The molecule has 1 aromatic heterocycles. The van der Waals surface area contributed by atoms with Gasteiger partial charge in [-0.2, -0.15) is 0 Å². The number of ether oxygens (including phenoxy) is 1. The number of hydrogen-bond donors (Lipinski definition) is 1. The number of benzene rings is 1. The zero-order valence-corrected chi connectivity index (χ0v) is 10.7. The number of pyridine rings is 1. The smallest absolute Gasteiger partial charge is 0.236 e. The first kappa shape index (κ1) is 12.0. The van der Waals surface area contributed by atoms with Crippen LogP contribution < -0.4 is 10.1 Å². The number of carbonyl (C=O) groups excluding carboxylic acids is 1. The second-order valence-electron chi connectivity index (χ2n) is 4.22. The van der Waals surface area contributed by atoms with E-state index < -0.39 is 0 Å². The quantitative estimate of drug-likeness (QED) is 0.916. The van der Waals surface area contributed by atoms with E-state index in [2.05, 4.69) is 10.3 Å². The Bertz CT molecular complexity index is 630. The van der Waals surface area contributed by atoms with E-state index in [0.29, 0.717) is 17.4 Å². The van der Waals surface area contributed by atoms with Crippen LogP contribution in [0.1, 0.15) is 11.5 Å². The Labute approximate surface area is 115 Å². The first-order valence-corrected chi connectivity index (χ1v) is 6.26. The second kappa shape index (κ2) is 4.90. The Hall–Kier alpha value is -2.07. The fraction of sp³-hybridized carbons (Fsp3) is 0.143. The number of nitrogens with zero attached hydrogens (tertiary/aromatic N) is 1. The van der Waals surface area contributed by atoms with E-state index in [1.807, 2.05) is 24.3 Å². The van der Waals surface area contributed by atoms with Gasteiger partial charge in [-0.05, 0) is 18.2 Å². The van der Waals surface area contributed by atoms with Crippen LogP contribution in [0.4, 0.5) is 5.82 Å². The molecule has 1 aromatic carbocycles. The van der Waals surface area contributed by atoms with Crippen molar-refractivity contribution in [2.24, 2.45) is 0 Å². The van der Waals surface area contributed by atoms with Crippen molar-refractivity contribution in [3.63, 3.8) is 0 Å². The van der Waals surface area contributed by atoms with Crippen LogP contribution >= 0.6 is 11.6 Å². The van der Waals surface area contributed by atoms with Gasteiger partial charge in [0.05, 0.1) is 5.02 Å². The molecular formula is C14H11ClN2O2. The highest BCUT2D eigenvalue weighted by atomic mass is 35.5. The summed E-state index contributed by atoms with van der Waals surface area (Å²) < 4.78 is 5.49. The zero-order valence-electron chi connectivity index (χ0n) is 9.97. The summed E-state index contributed by atoms with van der Waals surface area (Å²) >= 11 is 5.97. The lowest BCUT2D eigenvalue weighted by molar-refractivity contribution is -0.117. The monoisotopic (exact) mass is 274 g/mol. The summed E-state index contributed by atoms with van der Waals surface area (Å²) in [6, 6.07) is 10.9. The van der Waals surface area contributed by atoms with Crippen molar-refractivity contribution < 1.29 is 9.53 Å². The lowest BCUT2D eigenvalue weighted by Crippen LogP contribution is -2.22. The standard InChI is InChI=1S/C14H11ClN2O2/c15-11-5-3-7-16-13(11)17-14(18)10-8-19-12-6-2-1-4-9(10)12/h1-7,10H,8H2,(H,16,17,18). The van der Waals surface area contributed by atoms with Gasteiger partial charge in [-0.15, -0.1) is 0 Å². The van der Waals surface area contributed by atoms with Crippen molar-refractivity contribution in [3.05, 3.63) is 53.2 Å². The van der Waals surface area contributed by atoms with Crippen molar-refractivity contribution in [1.29, 1.82) is 0 Å². The first-order valence-electron chi connectivity index (χ1n) is 5.89. The summed E-state index contributed by atoms with van der Waals surface area (Å²) in [5.41, 5.74) is 0.895. The normalized spacial score (nSPS) is 16.6. The van der Waals surface area contributed by atoms with Crippen LogP contribution in [0.25, 0.3) is 0 Å². The third-order valence-corrected chi connectivity index (χ3v) is 3.32. The van der Waals surface area contributed by atoms with Gasteiger partial charge < -0.3 is 10.1 Å². The maximum atomic E-state index is 12.2. The van der Waals surface area contributed by atoms with Gasteiger partial charge in [-0.25, -0.2) is 4.98 Å². The van der Waals surface area contributed by atoms with E-state index in [4.69, 9.17) is 16.3 Å². The Balaban J connectivity index is 1.81. The molecule has 0 aliphatic carbocycles. The van der Waals surface area contributed by atoms with E-state index in [-0.39, 0.29) is 11.8 Å². The number of para-hydroxylation sites is 1. The fourth-order valence-corrected chi connectivity index (χ4v) is 2.23. The highest BCUT2D eigenvalue weighted by Crippen LogP contribution is 2.34. The molecule has 0 saturated heterocycles. The summed E-state index contributed by atoms with van der Waals surface area (Å²) in [5, 5.41) is 3.15. The van der Waals surface area contributed by atoms with E-state index in [1.165, 1.54) is 0 Å². The predicted molar refractivity (Wildman–Crippen MR) is 72.6 cm³/mol. The Morgan fingerprint density at radius 3 is 3.00 bits per heavy atom. The summed E-state index contributed by atoms with van der Waals surface area (Å²) in [7, 11) is 0. The van der Waals surface area contributed by atoms with E-state index in [1.54, 1.807) is 18.3 Å². The molecule has 1 aliphatic heterocycles. The summed E-state index contributed by atoms with van der Waals surface area (Å²) in [6.07, 6.45) is 1.58. The molecule has 1 atom stereocenters. The molecule has 5 heteroatoms. The first-order chi connectivity index (χ1) is 9.25. The van der Waals surface area contributed by atoms with Crippen LogP contribution in [0, 0.1) is 0 Å². The number of aromatic nitrogens is 1. The zero-order chi connectivity index (χ0) is 13.2. The number of fused-ring (bicyclic) bond motifs is 1. The molecule has 2 aromatic rings. The Morgan fingerprint density at radius 1 is 1.32 bits per heavy atom. The van der Waals surface area contributed by atoms with Crippen LogP contribution in [0.3, 0.4) is 0 Å². The number of halogens is 1. The summed E-state index contributed by atoms with van der Waals surface area (Å²) in [6.45, 7) is 0.343. The van der Waals surface area contributed by atoms with Crippen LogP contribution in [0.2, 0.25) is 5.02 Å². The van der Waals surface area contributed by atoms with E-state index >= 15 is 0 Å². The molecule has 1 amide bonds. The topological polar surface area (TPSA) is 51.2 Å². The van der Waals surface area contributed by atoms with Crippen molar-refractivity contribution in [1.82, 2.24) is 4.98 Å². The molecule has 1 aliphatic rings. The molecule has 1 N–H and O–H groups in total. The molecule has 2 heterocycles. The van der Waals surface area contributed by atoms with Gasteiger partial charge in [0.15, 0.2) is 5.82 Å². The van der Waals surface area contributed by atoms with Gasteiger partial charge in [0, 0.05) is 11.8 Å². The minimum atomic E-state index is -0.325. The number of nitrogens with one attached hydrogen (secondary N) is 1. The number of hydrogen-bond acceptors (Lipinski definition) is 3. The third-order valence-electron chi connectivity index (χ3n) is 3.02. The van der Waals surface area contributed by atoms with Gasteiger partial charge >= 0.3 is 0 Å². The molecular weight excluding hydrogens is 264 g/mol. The average molecular weight is 275 g/mol. The maximum Gasteiger partial charge on any atom is 0.236 e. The molecule has 1 unspecified atom stereocenters. The van der Waals surface area contributed by atoms with Crippen molar-refractivity contribution >= 4 is 23.3 Å².